The highest BCUT2D eigenvalue weighted by Gasteiger charge is 2.03. The van der Waals surface area contributed by atoms with E-state index in [1.54, 1.807) is 18.2 Å². The lowest BCUT2D eigenvalue weighted by Crippen LogP contribution is -1.98. The molecule has 2 rings (SSSR count). The Bertz CT molecular complexity index is 536. The lowest BCUT2D eigenvalue weighted by Gasteiger charge is -2.07. The molecule has 1 aromatic carbocycles. The highest BCUT2D eigenvalue weighted by molar-refractivity contribution is 9.10. The van der Waals surface area contributed by atoms with Gasteiger partial charge in [-0.25, -0.2) is 9.37 Å². The second kappa shape index (κ2) is 5.47. The van der Waals surface area contributed by atoms with Gasteiger partial charge in [0.1, 0.15) is 23.3 Å². The van der Waals surface area contributed by atoms with Crippen molar-refractivity contribution in [2.75, 3.05) is 0 Å². The van der Waals surface area contributed by atoms with Crippen LogP contribution in [0.4, 0.5) is 4.39 Å². The first-order valence-electron chi connectivity index (χ1n) is 4.84. The molecule has 0 atom stereocenters. The Hall–Kier alpha value is -1.13. The number of nitrogens with zero attached hydrogens (tertiary/aromatic N) is 1. The Morgan fingerprint density at radius 3 is 2.82 bits per heavy atom. The van der Waals surface area contributed by atoms with Gasteiger partial charge in [0.2, 0.25) is 0 Å². The molecular weight excluding hydrogens is 308 g/mol. The van der Waals surface area contributed by atoms with Crippen LogP contribution in [-0.2, 0) is 6.61 Å². The maximum absolute atomic E-state index is 12.8. The number of halogens is 3. The van der Waals surface area contributed by atoms with Gasteiger partial charge in [-0.2, -0.15) is 0 Å². The van der Waals surface area contributed by atoms with E-state index in [4.69, 9.17) is 16.3 Å². The molecule has 1 heterocycles. The van der Waals surface area contributed by atoms with Crippen molar-refractivity contribution in [1.82, 2.24) is 4.98 Å². The smallest absolute Gasteiger partial charge is 0.134 e. The van der Waals surface area contributed by atoms with Gasteiger partial charge in [0.05, 0.1) is 10.2 Å². The summed E-state index contributed by atoms with van der Waals surface area (Å²) in [5, 5.41) is 0.421. The van der Waals surface area contributed by atoms with Crippen LogP contribution in [0.25, 0.3) is 0 Å². The molecule has 0 fully saturated rings. The van der Waals surface area contributed by atoms with Crippen LogP contribution >= 0.6 is 27.5 Å². The predicted molar refractivity (Wildman–Crippen MR) is 67.7 cm³/mol. The molecule has 5 heteroatoms. The molecule has 0 aliphatic heterocycles. The molecule has 0 bridgehead atoms. The second-order valence-corrected chi connectivity index (χ2v) is 4.56. The number of rotatable bonds is 3. The molecule has 0 unspecified atom stereocenters. The molecule has 0 spiro atoms. The summed E-state index contributed by atoms with van der Waals surface area (Å²) in [5.41, 5.74) is 0.716. The summed E-state index contributed by atoms with van der Waals surface area (Å²) in [6, 6.07) is 9.55. The van der Waals surface area contributed by atoms with E-state index in [0.717, 1.165) is 0 Å². The Kier molecular flexibility index (Phi) is 3.97. The third-order valence-electron chi connectivity index (χ3n) is 2.04. The van der Waals surface area contributed by atoms with E-state index in [-0.39, 0.29) is 12.4 Å². The molecule has 0 saturated carbocycles. The van der Waals surface area contributed by atoms with Crippen molar-refractivity contribution in [3.8, 4) is 5.75 Å². The van der Waals surface area contributed by atoms with Gasteiger partial charge in [0.25, 0.3) is 0 Å². The van der Waals surface area contributed by atoms with Crippen LogP contribution in [0.1, 0.15) is 5.69 Å². The summed E-state index contributed by atoms with van der Waals surface area (Å²) < 4.78 is 18.9. The van der Waals surface area contributed by atoms with Crippen LogP contribution in [0.5, 0.6) is 5.75 Å². The van der Waals surface area contributed by atoms with Crippen molar-refractivity contribution in [3.63, 3.8) is 0 Å². The fourth-order valence-corrected chi connectivity index (χ4v) is 1.92. The van der Waals surface area contributed by atoms with Crippen LogP contribution in [0.3, 0.4) is 0 Å². The zero-order valence-electron chi connectivity index (χ0n) is 8.66. The normalized spacial score (nSPS) is 10.3. The summed E-state index contributed by atoms with van der Waals surface area (Å²) >= 11 is 8.98. The van der Waals surface area contributed by atoms with E-state index in [1.807, 2.05) is 6.07 Å². The van der Waals surface area contributed by atoms with E-state index < -0.39 is 0 Å². The highest BCUT2D eigenvalue weighted by Crippen LogP contribution is 2.26. The molecule has 1 aromatic heterocycles. The maximum Gasteiger partial charge on any atom is 0.134 e. The molecule has 0 N–H and O–H groups in total. The molecular formula is C12H8BrClFNO. The SMILES string of the molecule is Fc1ccc(OCc2cccc(Cl)n2)c(Br)c1. The van der Waals surface area contributed by atoms with Crippen LogP contribution < -0.4 is 4.74 Å². The Morgan fingerprint density at radius 2 is 2.12 bits per heavy atom. The lowest BCUT2D eigenvalue weighted by molar-refractivity contribution is 0.299. The van der Waals surface area contributed by atoms with Gasteiger partial charge in [-0.05, 0) is 46.3 Å². The quantitative estimate of drug-likeness (QED) is 0.791. The molecule has 0 amide bonds. The number of hydrogen-bond donors (Lipinski definition) is 0. The minimum absolute atomic E-state index is 0.283. The van der Waals surface area contributed by atoms with Crippen molar-refractivity contribution in [2.45, 2.75) is 6.61 Å². The molecule has 0 aliphatic carbocycles. The first-order valence-corrected chi connectivity index (χ1v) is 6.01. The summed E-state index contributed by atoms with van der Waals surface area (Å²) in [6.07, 6.45) is 0. The number of benzene rings is 1. The average molecular weight is 317 g/mol. The van der Waals surface area contributed by atoms with Crippen LogP contribution in [0.2, 0.25) is 5.15 Å². The first-order chi connectivity index (χ1) is 8.15. The predicted octanol–water partition coefficient (Wildman–Crippen LogP) is 4.22. The van der Waals surface area contributed by atoms with Gasteiger partial charge in [-0.3, -0.25) is 0 Å². The number of pyridine rings is 1. The number of aromatic nitrogens is 1. The topological polar surface area (TPSA) is 22.1 Å². The Morgan fingerprint density at radius 1 is 1.29 bits per heavy atom. The highest BCUT2D eigenvalue weighted by atomic mass is 79.9. The Labute approximate surface area is 112 Å². The monoisotopic (exact) mass is 315 g/mol. The fraction of sp³-hybridized carbons (Fsp3) is 0.0833. The van der Waals surface area contributed by atoms with E-state index in [1.165, 1.54) is 12.1 Å². The van der Waals surface area contributed by atoms with Gasteiger partial charge < -0.3 is 4.74 Å². The number of ether oxygens (including phenoxy) is 1. The standard InChI is InChI=1S/C12H8BrClFNO/c13-10-6-8(15)4-5-11(10)17-7-9-2-1-3-12(14)16-9/h1-6H,7H2. The summed E-state index contributed by atoms with van der Waals surface area (Å²) in [5.74, 6) is 0.248. The summed E-state index contributed by atoms with van der Waals surface area (Å²) in [6.45, 7) is 0.283. The van der Waals surface area contributed by atoms with Crippen LogP contribution in [0.15, 0.2) is 40.9 Å². The van der Waals surface area contributed by atoms with Gasteiger partial charge in [0.15, 0.2) is 0 Å². The number of hydrogen-bond acceptors (Lipinski definition) is 2. The first kappa shape index (κ1) is 12.3. The molecule has 0 saturated heterocycles. The van der Waals surface area contributed by atoms with E-state index in [0.29, 0.717) is 21.1 Å². The van der Waals surface area contributed by atoms with E-state index in [2.05, 4.69) is 20.9 Å². The zero-order chi connectivity index (χ0) is 12.3. The molecule has 2 nitrogen and oxygen atoms in total. The van der Waals surface area contributed by atoms with Crippen molar-refractivity contribution in [2.24, 2.45) is 0 Å². The summed E-state index contributed by atoms with van der Waals surface area (Å²) in [7, 11) is 0. The van der Waals surface area contributed by atoms with E-state index in [9.17, 15) is 4.39 Å². The minimum Gasteiger partial charge on any atom is -0.486 e. The largest absolute Gasteiger partial charge is 0.486 e. The van der Waals surface area contributed by atoms with Crippen LogP contribution in [-0.4, -0.2) is 4.98 Å². The molecule has 88 valence electrons. The van der Waals surface area contributed by atoms with Crippen LogP contribution in [0, 0.1) is 5.82 Å². The van der Waals surface area contributed by atoms with Crippen molar-refractivity contribution >= 4 is 27.5 Å². The third kappa shape index (κ3) is 3.41. The van der Waals surface area contributed by atoms with Gasteiger partial charge in [0, 0.05) is 0 Å². The van der Waals surface area contributed by atoms with Gasteiger partial charge in [-0.15, -0.1) is 0 Å². The molecule has 2 aromatic rings. The summed E-state index contributed by atoms with van der Waals surface area (Å²) in [4.78, 5) is 4.09. The van der Waals surface area contributed by atoms with Gasteiger partial charge >= 0.3 is 0 Å². The second-order valence-electron chi connectivity index (χ2n) is 3.32. The zero-order valence-corrected chi connectivity index (χ0v) is 11.0. The van der Waals surface area contributed by atoms with Crippen molar-refractivity contribution in [1.29, 1.82) is 0 Å². The van der Waals surface area contributed by atoms with E-state index >= 15 is 0 Å². The molecule has 0 radical (unpaired) electrons. The molecule has 17 heavy (non-hydrogen) atoms. The fourth-order valence-electron chi connectivity index (χ4n) is 1.27. The lowest BCUT2D eigenvalue weighted by atomic mass is 10.3. The van der Waals surface area contributed by atoms with Gasteiger partial charge in [-0.1, -0.05) is 17.7 Å². The van der Waals surface area contributed by atoms with Crippen molar-refractivity contribution in [3.05, 3.63) is 57.5 Å². The minimum atomic E-state index is -0.315. The maximum atomic E-state index is 12.8. The Balaban J connectivity index is 2.07. The average Bonchev–Trinajstić information content (AvgIpc) is 2.28. The molecule has 0 aliphatic rings. The van der Waals surface area contributed by atoms with Crippen molar-refractivity contribution < 1.29 is 9.13 Å². The third-order valence-corrected chi connectivity index (χ3v) is 2.87.